The summed E-state index contributed by atoms with van der Waals surface area (Å²) in [6.07, 6.45) is 6.75. The molecule has 2 aliphatic heterocycles. The minimum atomic E-state index is -0.252. The van der Waals surface area contributed by atoms with Gasteiger partial charge in [0.15, 0.2) is 0 Å². The topological polar surface area (TPSA) is 11.4 Å². The van der Waals surface area contributed by atoms with E-state index >= 15 is 0 Å². The highest BCUT2D eigenvalue weighted by Crippen LogP contribution is 2.57. The van der Waals surface area contributed by atoms with Gasteiger partial charge in [0.05, 0.1) is 22.4 Å². The Hall–Kier alpha value is -8.14. The van der Waals surface area contributed by atoms with Crippen molar-refractivity contribution in [3.05, 3.63) is 240 Å². The van der Waals surface area contributed by atoms with Crippen molar-refractivity contribution >= 4 is 83.6 Å². The van der Waals surface area contributed by atoms with E-state index in [1.165, 1.54) is 111 Å². The van der Waals surface area contributed by atoms with Gasteiger partial charge in [-0.05, 0) is 146 Å². The molecule has 0 N–H and O–H groups in total. The van der Waals surface area contributed by atoms with Crippen LogP contribution in [-0.2, 0) is 17.3 Å². The average molecular weight is 886 g/mol. The number of anilines is 6. The number of hydrogen-bond acceptors (Lipinski definition) is 2. The normalized spacial score (nSPS) is 14.7. The van der Waals surface area contributed by atoms with Crippen molar-refractivity contribution in [2.45, 2.75) is 51.4 Å². The van der Waals surface area contributed by atoms with Gasteiger partial charge in [0, 0.05) is 55.4 Å². The summed E-state index contributed by atoms with van der Waals surface area (Å²) in [5.41, 5.74) is 21.3. The molecule has 3 heterocycles. The van der Waals surface area contributed by atoms with Crippen molar-refractivity contribution in [3.63, 3.8) is 0 Å². The zero-order chi connectivity index (χ0) is 46.2. The summed E-state index contributed by atoms with van der Waals surface area (Å²) in [6, 6.07) is 74.9. The number of para-hydroxylation sites is 3. The third-order valence-electron chi connectivity index (χ3n) is 15.9. The zero-order valence-electron chi connectivity index (χ0n) is 39.5. The lowest BCUT2D eigenvalue weighted by Gasteiger charge is -2.42. The first-order valence-corrected chi connectivity index (χ1v) is 24.6. The van der Waals surface area contributed by atoms with Crippen molar-refractivity contribution in [1.82, 2.24) is 4.57 Å². The minimum absolute atomic E-state index is 0.250. The molecule has 0 radical (unpaired) electrons. The highest BCUT2D eigenvalue weighted by molar-refractivity contribution is 6.16. The minimum Gasteiger partial charge on any atom is -0.310 e. The molecule has 0 unspecified atom stereocenters. The largest absolute Gasteiger partial charge is 0.310 e. The van der Waals surface area contributed by atoms with Crippen LogP contribution in [-0.4, -0.2) is 4.57 Å². The summed E-state index contributed by atoms with van der Waals surface area (Å²) < 4.78 is 2.66. The molecule has 14 rings (SSSR count). The molecular formula is C66H51N3. The summed E-state index contributed by atoms with van der Waals surface area (Å²) in [5, 5.41) is 7.55. The number of aromatic nitrogens is 1. The first-order chi connectivity index (χ1) is 33.8. The molecule has 3 heteroatoms. The number of benzene rings is 10. The number of rotatable bonds is 7. The monoisotopic (exact) mass is 885 g/mol. The summed E-state index contributed by atoms with van der Waals surface area (Å²) >= 11 is 0. The van der Waals surface area contributed by atoms with Crippen LogP contribution in [0.2, 0.25) is 0 Å². The Morgan fingerprint density at radius 2 is 1.04 bits per heavy atom. The SMILES string of the molecule is CC1(C)c2cccc3c2-n2c4c1cc(-c1ccc(N(c5ccc6ccccc6c5)c5cccc6ccccc56)c5c1C=CCC5)cc4c1cc(N(c4ccccc4)c4ccccc4)cc(c12)C3(C)C. The van der Waals surface area contributed by atoms with E-state index in [4.69, 9.17) is 0 Å². The van der Waals surface area contributed by atoms with Crippen LogP contribution < -0.4 is 9.80 Å². The van der Waals surface area contributed by atoms with E-state index in [9.17, 15) is 0 Å². The second-order valence-corrected chi connectivity index (χ2v) is 20.4. The molecule has 0 saturated carbocycles. The number of nitrogens with zero attached hydrogens (tertiary/aromatic N) is 3. The molecule has 330 valence electrons. The molecule has 3 aliphatic rings. The van der Waals surface area contributed by atoms with Crippen LogP contribution in [0, 0.1) is 0 Å². The van der Waals surface area contributed by atoms with Crippen molar-refractivity contribution in [2.24, 2.45) is 0 Å². The smallest absolute Gasteiger partial charge is 0.0583 e. The average Bonchev–Trinajstić information content (AvgIpc) is 3.72. The van der Waals surface area contributed by atoms with E-state index in [0.717, 1.165) is 29.9 Å². The quantitative estimate of drug-likeness (QED) is 0.158. The van der Waals surface area contributed by atoms with Gasteiger partial charge in [-0.3, -0.25) is 0 Å². The third-order valence-corrected chi connectivity index (χ3v) is 15.9. The van der Waals surface area contributed by atoms with Gasteiger partial charge in [-0.15, -0.1) is 0 Å². The Morgan fingerprint density at radius 1 is 0.420 bits per heavy atom. The molecule has 1 aliphatic carbocycles. The van der Waals surface area contributed by atoms with E-state index in [1.807, 2.05) is 0 Å². The molecule has 0 atom stereocenters. The Bertz CT molecular complexity index is 3920. The van der Waals surface area contributed by atoms with E-state index in [0.29, 0.717) is 0 Å². The summed E-state index contributed by atoms with van der Waals surface area (Å²) in [4.78, 5) is 4.97. The maximum absolute atomic E-state index is 2.66. The van der Waals surface area contributed by atoms with Crippen LogP contribution in [0.25, 0.3) is 66.2 Å². The molecule has 0 bridgehead atoms. The van der Waals surface area contributed by atoms with E-state index in [2.05, 4.69) is 254 Å². The van der Waals surface area contributed by atoms with Crippen molar-refractivity contribution < 1.29 is 0 Å². The van der Waals surface area contributed by atoms with Gasteiger partial charge in [0.25, 0.3) is 0 Å². The fraction of sp³-hybridized carbons (Fsp3) is 0.121. The highest BCUT2D eigenvalue weighted by atomic mass is 15.2. The number of hydrogen-bond donors (Lipinski definition) is 0. The van der Waals surface area contributed by atoms with Gasteiger partial charge in [0.1, 0.15) is 0 Å². The molecule has 0 spiro atoms. The molecule has 69 heavy (non-hydrogen) atoms. The van der Waals surface area contributed by atoms with Gasteiger partial charge in [0.2, 0.25) is 0 Å². The maximum atomic E-state index is 2.66. The Balaban J connectivity index is 1.05. The zero-order valence-corrected chi connectivity index (χ0v) is 39.5. The summed E-state index contributed by atoms with van der Waals surface area (Å²) in [7, 11) is 0. The van der Waals surface area contributed by atoms with E-state index in [1.54, 1.807) is 0 Å². The molecule has 10 aromatic carbocycles. The molecule has 11 aromatic rings. The van der Waals surface area contributed by atoms with Crippen LogP contribution in [0.5, 0.6) is 0 Å². The lowest BCUT2D eigenvalue weighted by molar-refractivity contribution is 0.594. The van der Waals surface area contributed by atoms with Gasteiger partial charge >= 0.3 is 0 Å². The van der Waals surface area contributed by atoms with Crippen molar-refractivity contribution in [3.8, 4) is 16.8 Å². The Kier molecular flexibility index (Phi) is 8.50. The van der Waals surface area contributed by atoms with E-state index in [-0.39, 0.29) is 10.8 Å². The van der Waals surface area contributed by atoms with Crippen LogP contribution in [0.3, 0.4) is 0 Å². The van der Waals surface area contributed by atoms with Crippen molar-refractivity contribution in [1.29, 1.82) is 0 Å². The second kappa shape index (κ2) is 14.7. The fourth-order valence-corrected chi connectivity index (χ4v) is 12.5. The predicted octanol–water partition coefficient (Wildman–Crippen LogP) is 17.9. The highest BCUT2D eigenvalue weighted by Gasteiger charge is 2.44. The standard InChI is InChI=1S/C66H51N3/c1-65(2)56-30-18-31-57-64(56)69-62-54(55-40-49(41-59(63(55)69)66(57,3)4)67(46-23-7-5-8-24-46)47-25-9-6-10-26-47)38-45(39-58(62)65)50-35-36-61(53-29-16-15-28-52(50)53)68(48-34-33-42-19-11-12-21-44(42)37-48)60-32-17-22-43-20-13-14-27-51(43)60/h5-15,17-28,30-41H,16,29H2,1-4H3. The third kappa shape index (κ3) is 5.74. The van der Waals surface area contributed by atoms with E-state index < -0.39 is 0 Å². The Morgan fingerprint density at radius 3 is 1.78 bits per heavy atom. The molecule has 0 fully saturated rings. The van der Waals surface area contributed by atoms with Crippen LogP contribution in [0.4, 0.5) is 34.1 Å². The Labute approximate surface area is 403 Å². The lowest BCUT2D eigenvalue weighted by atomic mass is 9.68. The van der Waals surface area contributed by atoms with Gasteiger partial charge in [-0.25, -0.2) is 0 Å². The van der Waals surface area contributed by atoms with Crippen molar-refractivity contribution in [2.75, 3.05) is 9.80 Å². The first kappa shape index (κ1) is 40.0. The van der Waals surface area contributed by atoms with Gasteiger partial charge in [-0.1, -0.05) is 167 Å². The summed E-state index contributed by atoms with van der Waals surface area (Å²) in [6.45, 7) is 9.77. The summed E-state index contributed by atoms with van der Waals surface area (Å²) in [5.74, 6) is 0. The molecule has 1 aromatic heterocycles. The van der Waals surface area contributed by atoms with Crippen LogP contribution in [0.1, 0.15) is 67.5 Å². The lowest BCUT2D eigenvalue weighted by Crippen LogP contribution is -2.33. The number of allylic oxidation sites excluding steroid dienone is 1. The predicted molar refractivity (Wildman–Crippen MR) is 292 cm³/mol. The van der Waals surface area contributed by atoms with Crippen LogP contribution in [0.15, 0.2) is 206 Å². The number of fused-ring (bicyclic) bond motifs is 4. The van der Waals surface area contributed by atoms with Gasteiger partial charge in [-0.2, -0.15) is 0 Å². The first-order valence-electron chi connectivity index (χ1n) is 24.6. The second-order valence-electron chi connectivity index (χ2n) is 20.4. The molecule has 0 saturated heterocycles. The van der Waals surface area contributed by atoms with Gasteiger partial charge < -0.3 is 14.4 Å². The maximum Gasteiger partial charge on any atom is 0.0583 e. The molecular weight excluding hydrogens is 835 g/mol. The van der Waals surface area contributed by atoms with Crippen LogP contribution >= 0.6 is 0 Å². The molecule has 3 nitrogen and oxygen atoms in total. The fourth-order valence-electron chi connectivity index (χ4n) is 12.5. The molecule has 0 amide bonds.